The monoisotopic (exact) mass is 294 g/mol. The fourth-order valence-electron chi connectivity index (χ4n) is 3.10. The molecule has 21 heavy (non-hydrogen) atoms. The van der Waals surface area contributed by atoms with Crippen molar-refractivity contribution in [3.8, 4) is 0 Å². The lowest BCUT2D eigenvalue weighted by Gasteiger charge is -2.20. The van der Waals surface area contributed by atoms with Crippen molar-refractivity contribution >= 4 is 11.9 Å². The standard InChI is InChI=1S/C16H30N4O/c1-5-6-12-9-14(12)19-16(17-4)18-13-7-8-20(10-13)15(21)11(2)3/h11-14H,5-10H2,1-4H3,(H2,17,18,19). The molecule has 0 aromatic rings. The molecule has 1 aliphatic carbocycles. The predicted molar refractivity (Wildman–Crippen MR) is 86.3 cm³/mol. The van der Waals surface area contributed by atoms with E-state index >= 15 is 0 Å². The Kier molecular flexibility index (Phi) is 5.48. The summed E-state index contributed by atoms with van der Waals surface area (Å²) < 4.78 is 0. The number of aliphatic imine (C=N–C) groups is 1. The highest BCUT2D eigenvalue weighted by Crippen LogP contribution is 2.34. The number of carbonyl (C=O) groups excluding carboxylic acids is 1. The molecule has 3 atom stereocenters. The van der Waals surface area contributed by atoms with Crippen LogP contribution in [0.1, 0.15) is 46.5 Å². The Morgan fingerprint density at radius 3 is 2.76 bits per heavy atom. The van der Waals surface area contributed by atoms with Gasteiger partial charge >= 0.3 is 0 Å². The number of carbonyl (C=O) groups is 1. The Morgan fingerprint density at radius 1 is 1.38 bits per heavy atom. The van der Waals surface area contributed by atoms with Crippen molar-refractivity contribution in [2.75, 3.05) is 20.1 Å². The van der Waals surface area contributed by atoms with E-state index in [4.69, 9.17) is 0 Å². The summed E-state index contributed by atoms with van der Waals surface area (Å²) in [6.07, 6.45) is 4.82. The van der Waals surface area contributed by atoms with Crippen molar-refractivity contribution in [2.45, 2.75) is 58.5 Å². The van der Waals surface area contributed by atoms with Crippen LogP contribution in [-0.4, -0.2) is 49.0 Å². The zero-order valence-corrected chi connectivity index (χ0v) is 13.9. The van der Waals surface area contributed by atoms with Gasteiger partial charge in [0.25, 0.3) is 0 Å². The molecule has 0 radical (unpaired) electrons. The molecule has 0 aromatic heterocycles. The van der Waals surface area contributed by atoms with E-state index in [1.54, 1.807) is 0 Å². The van der Waals surface area contributed by atoms with E-state index in [0.717, 1.165) is 31.4 Å². The average Bonchev–Trinajstić information content (AvgIpc) is 3.00. The molecule has 1 heterocycles. The summed E-state index contributed by atoms with van der Waals surface area (Å²) >= 11 is 0. The molecule has 0 bridgehead atoms. The molecule has 1 aliphatic heterocycles. The summed E-state index contributed by atoms with van der Waals surface area (Å²) in [4.78, 5) is 18.3. The Hall–Kier alpha value is -1.26. The van der Waals surface area contributed by atoms with E-state index in [1.807, 2.05) is 25.8 Å². The molecule has 2 aliphatic rings. The van der Waals surface area contributed by atoms with Crippen molar-refractivity contribution in [2.24, 2.45) is 16.8 Å². The Balaban J connectivity index is 1.75. The van der Waals surface area contributed by atoms with E-state index in [1.165, 1.54) is 19.3 Å². The second kappa shape index (κ2) is 7.14. The highest BCUT2D eigenvalue weighted by Gasteiger charge is 2.37. The van der Waals surface area contributed by atoms with Crippen LogP contribution in [0.2, 0.25) is 0 Å². The van der Waals surface area contributed by atoms with Gasteiger partial charge in [-0.2, -0.15) is 0 Å². The molecular formula is C16H30N4O. The van der Waals surface area contributed by atoms with Gasteiger partial charge in [0.15, 0.2) is 5.96 Å². The van der Waals surface area contributed by atoms with Gasteiger partial charge in [0.1, 0.15) is 0 Å². The van der Waals surface area contributed by atoms with Crippen LogP contribution in [0.5, 0.6) is 0 Å². The largest absolute Gasteiger partial charge is 0.353 e. The molecule has 5 nitrogen and oxygen atoms in total. The number of likely N-dealkylation sites (tertiary alicyclic amines) is 1. The fraction of sp³-hybridized carbons (Fsp3) is 0.875. The van der Waals surface area contributed by atoms with Gasteiger partial charge in [-0.3, -0.25) is 9.79 Å². The van der Waals surface area contributed by atoms with Gasteiger partial charge in [-0.1, -0.05) is 27.2 Å². The van der Waals surface area contributed by atoms with E-state index < -0.39 is 0 Å². The summed E-state index contributed by atoms with van der Waals surface area (Å²) in [5.41, 5.74) is 0. The second-order valence-corrected chi connectivity index (χ2v) is 6.68. The smallest absolute Gasteiger partial charge is 0.225 e. The molecule has 5 heteroatoms. The average molecular weight is 294 g/mol. The van der Waals surface area contributed by atoms with Crippen LogP contribution in [0.25, 0.3) is 0 Å². The summed E-state index contributed by atoms with van der Waals surface area (Å²) in [5.74, 6) is 2.05. The molecule has 0 aromatic carbocycles. The van der Waals surface area contributed by atoms with Crippen LogP contribution in [-0.2, 0) is 4.79 Å². The highest BCUT2D eigenvalue weighted by atomic mass is 16.2. The zero-order chi connectivity index (χ0) is 15.4. The number of guanidine groups is 1. The molecule has 2 fully saturated rings. The Labute approximate surface area is 128 Å². The minimum absolute atomic E-state index is 0.0856. The molecule has 2 N–H and O–H groups in total. The molecule has 120 valence electrons. The quantitative estimate of drug-likeness (QED) is 0.598. The number of nitrogens with zero attached hydrogens (tertiary/aromatic N) is 2. The minimum Gasteiger partial charge on any atom is -0.353 e. The zero-order valence-electron chi connectivity index (χ0n) is 13.9. The molecule has 2 rings (SSSR count). The normalized spacial score (nSPS) is 28.9. The van der Waals surface area contributed by atoms with Crippen molar-refractivity contribution in [3.05, 3.63) is 0 Å². The third kappa shape index (κ3) is 4.35. The number of hydrogen-bond acceptors (Lipinski definition) is 2. The molecular weight excluding hydrogens is 264 g/mol. The Bertz CT molecular complexity index is 394. The molecule has 1 amide bonds. The third-order valence-corrected chi connectivity index (χ3v) is 4.46. The first kappa shape index (κ1) is 16.1. The predicted octanol–water partition coefficient (Wildman–Crippen LogP) is 1.60. The van der Waals surface area contributed by atoms with Gasteiger partial charge in [0.05, 0.1) is 0 Å². The number of nitrogens with one attached hydrogen (secondary N) is 2. The molecule has 0 spiro atoms. The number of amides is 1. The van der Waals surface area contributed by atoms with Gasteiger partial charge in [-0.25, -0.2) is 0 Å². The van der Waals surface area contributed by atoms with Crippen LogP contribution in [0.3, 0.4) is 0 Å². The summed E-state index contributed by atoms with van der Waals surface area (Å²) in [6, 6.07) is 0.910. The van der Waals surface area contributed by atoms with Crippen molar-refractivity contribution in [3.63, 3.8) is 0 Å². The van der Waals surface area contributed by atoms with Crippen molar-refractivity contribution in [1.82, 2.24) is 15.5 Å². The Morgan fingerprint density at radius 2 is 2.14 bits per heavy atom. The number of hydrogen-bond donors (Lipinski definition) is 2. The van der Waals surface area contributed by atoms with Crippen LogP contribution >= 0.6 is 0 Å². The lowest BCUT2D eigenvalue weighted by atomic mass is 10.2. The summed E-state index contributed by atoms with van der Waals surface area (Å²) in [5, 5.41) is 6.97. The lowest BCUT2D eigenvalue weighted by Crippen LogP contribution is -2.46. The summed E-state index contributed by atoms with van der Waals surface area (Å²) in [7, 11) is 1.82. The van der Waals surface area contributed by atoms with E-state index in [2.05, 4.69) is 22.5 Å². The van der Waals surface area contributed by atoms with Crippen LogP contribution in [0.15, 0.2) is 4.99 Å². The molecule has 3 unspecified atom stereocenters. The highest BCUT2D eigenvalue weighted by molar-refractivity contribution is 5.81. The lowest BCUT2D eigenvalue weighted by molar-refractivity contribution is -0.133. The molecule has 1 saturated carbocycles. The van der Waals surface area contributed by atoms with Gasteiger partial charge in [-0.15, -0.1) is 0 Å². The fourth-order valence-corrected chi connectivity index (χ4v) is 3.10. The second-order valence-electron chi connectivity index (χ2n) is 6.68. The van der Waals surface area contributed by atoms with Crippen LogP contribution < -0.4 is 10.6 Å². The van der Waals surface area contributed by atoms with Gasteiger partial charge in [0, 0.05) is 38.1 Å². The summed E-state index contributed by atoms with van der Waals surface area (Å²) in [6.45, 7) is 7.81. The maximum atomic E-state index is 12.0. The van der Waals surface area contributed by atoms with Gasteiger partial charge < -0.3 is 15.5 Å². The topological polar surface area (TPSA) is 56.7 Å². The maximum Gasteiger partial charge on any atom is 0.225 e. The SMILES string of the molecule is CCCC1CC1NC(=NC)NC1CCN(C(=O)C(C)C)C1. The first-order chi connectivity index (χ1) is 10.0. The minimum atomic E-state index is 0.0856. The van der Waals surface area contributed by atoms with Gasteiger partial charge in [0.2, 0.25) is 5.91 Å². The number of rotatable bonds is 5. The van der Waals surface area contributed by atoms with Crippen LogP contribution in [0.4, 0.5) is 0 Å². The first-order valence-corrected chi connectivity index (χ1v) is 8.33. The van der Waals surface area contributed by atoms with E-state index in [0.29, 0.717) is 12.1 Å². The maximum absolute atomic E-state index is 12.0. The molecule has 1 saturated heterocycles. The van der Waals surface area contributed by atoms with E-state index in [9.17, 15) is 4.79 Å². The van der Waals surface area contributed by atoms with Crippen molar-refractivity contribution in [1.29, 1.82) is 0 Å². The first-order valence-electron chi connectivity index (χ1n) is 8.33. The van der Waals surface area contributed by atoms with Crippen LogP contribution in [0, 0.1) is 11.8 Å². The third-order valence-electron chi connectivity index (χ3n) is 4.46. The van der Waals surface area contributed by atoms with Crippen molar-refractivity contribution < 1.29 is 4.79 Å². The van der Waals surface area contributed by atoms with Gasteiger partial charge in [-0.05, 0) is 25.2 Å². The van der Waals surface area contributed by atoms with E-state index in [-0.39, 0.29) is 11.8 Å².